The maximum Gasteiger partial charge on any atom is 0.224 e. The molecule has 0 aromatic carbocycles. The Morgan fingerprint density at radius 3 is 2.79 bits per heavy atom. The Hall–Kier alpha value is -1.43. The van der Waals surface area contributed by atoms with Gasteiger partial charge in [-0.3, -0.25) is 0 Å². The molecule has 0 aliphatic carbocycles. The highest BCUT2D eigenvalue weighted by molar-refractivity contribution is 5.41. The van der Waals surface area contributed by atoms with Gasteiger partial charge in [-0.2, -0.15) is 4.98 Å². The number of hydrogen-bond donors (Lipinski definition) is 3. The smallest absolute Gasteiger partial charge is 0.224 e. The molecule has 1 atom stereocenters. The van der Waals surface area contributed by atoms with Crippen LogP contribution in [0.3, 0.4) is 0 Å². The van der Waals surface area contributed by atoms with Gasteiger partial charge in [0.15, 0.2) is 11.6 Å². The summed E-state index contributed by atoms with van der Waals surface area (Å²) in [5, 5.41) is 14.9. The maximum absolute atomic E-state index is 13.6. The zero-order valence-electron chi connectivity index (χ0n) is 11.6. The summed E-state index contributed by atoms with van der Waals surface area (Å²) in [6.07, 6.45) is 3.76. The van der Waals surface area contributed by atoms with Crippen LogP contribution in [0.4, 0.5) is 16.2 Å². The Kier molecular flexibility index (Phi) is 7.10. The number of aromatic nitrogens is 2. The number of rotatable bonds is 9. The van der Waals surface area contributed by atoms with Crippen LogP contribution in [0, 0.1) is 11.7 Å². The van der Waals surface area contributed by atoms with E-state index in [1.807, 2.05) is 13.8 Å². The van der Waals surface area contributed by atoms with E-state index in [2.05, 4.69) is 20.6 Å². The van der Waals surface area contributed by atoms with Crippen molar-refractivity contribution in [1.29, 1.82) is 0 Å². The molecule has 0 fully saturated rings. The molecule has 0 aliphatic heterocycles. The third-order valence-corrected chi connectivity index (χ3v) is 2.95. The fraction of sp³-hybridized carbons (Fsp3) is 0.692. The van der Waals surface area contributed by atoms with Crippen molar-refractivity contribution in [3.8, 4) is 0 Å². The van der Waals surface area contributed by atoms with Gasteiger partial charge in [-0.15, -0.1) is 0 Å². The average molecular weight is 270 g/mol. The number of nitrogens with one attached hydrogen (secondary N) is 2. The van der Waals surface area contributed by atoms with Crippen molar-refractivity contribution < 1.29 is 9.50 Å². The van der Waals surface area contributed by atoms with Crippen LogP contribution in [0.25, 0.3) is 0 Å². The van der Waals surface area contributed by atoms with E-state index in [1.165, 1.54) is 6.20 Å². The second kappa shape index (κ2) is 8.63. The highest BCUT2D eigenvalue weighted by Gasteiger charge is 2.10. The molecule has 0 aliphatic rings. The summed E-state index contributed by atoms with van der Waals surface area (Å²) >= 11 is 0. The molecule has 1 heterocycles. The van der Waals surface area contributed by atoms with Crippen molar-refractivity contribution >= 4 is 11.8 Å². The SMILES string of the molecule is CCCNc1ncc(F)c(NCC(CC)CCO)n1. The van der Waals surface area contributed by atoms with E-state index in [-0.39, 0.29) is 12.4 Å². The van der Waals surface area contributed by atoms with Crippen LogP contribution < -0.4 is 10.6 Å². The highest BCUT2D eigenvalue weighted by atomic mass is 19.1. The first kappa shape index (κ1) is 15.6. The number of aliphatic hydroxyl groups excluding tert-OH is 1. The first-order valence-electron chi connectivity index (χ1n) is 6.82. The molecular weight excluding hydrogens is 247 g/mol. The summed E-state index contributed by atoms with van der Waals surface area (Å²) in [6.45, 7) is 5.59. The van der Waals surface area contributed by atoms with Gasteiger partial charge in [-0.1, -0.05) is 20.3 Å². The molecule has 108 valence electrons. The van der Waals surface area contributed by atoms with Crippen molar-refractivity contribution in [1.82, 2.24) is 9.97 Å². The predicted molar refractivity (Wildman–Crippen MR) is 74.7 cm³/mol. The van der Waals surface area contributed by atoms with Crippen molar-refractivity contribution in [2.75, 3.05) is 30.3 Å². The van der Waals surface area contributed by atoms with Crippen LogP contribution >= 0.6 is 0 Å². The fourth-order valence-electron chi connectivity index (χ4n) is 1.69. The molecule has 1 rings (SSSR count). The standard InChI is InChI=1S/C13H23FN4O/c1-3-6-15-13-17-9-11(14)12(18-13)16-8-10(4-2)5-7-19/h9-10,19H,3-8H2,1-2H3,(H2,15,16,17,18). The lowest BCUT2D eigenvalue weighted by molar-refractivity contribution is 0.258. The summed E-state index contributed by atoms with van der Waals surface area (Å²) in [5.41, 5.74) is 0. The molecule has 6 heteroatoms. The quantitative estimate of drug-likeness (QED) is 0.642. The second-order valence-electron chi connectivity index (χ2n) is 4.48. The van der Waals surface area contributed by atoms with E-state index in [4.69, 9.17) is 5.11 Å². The molecule has 0 radical (unpaired) electrons. The Bertz CT molecular complexity index is 376. The largest absolute Gasteiger partial charge is 0.396 e. The van der Waals surface area contributed by atoms with E-state index in [9.17, 15) is 4.39 Å². The average Bonchev–Trinajstić information content (AvgIpc) is 2.43. The summed E-state index contributed by atoms with van der Waals surface area (Å²) in [6, 6.07) is 0. The molecular formula is C13H23FN4O. The number of aliphatic hydroxyl groups is 1. The van der Waals surface area contributed by atoms with Gasteiger partial charge in [0.25, 0.3) is 0 Å². The first-order chi connectivity index (χ1) is 9.21. The molecule has 0 saturated heterocycles. The van der Waals surface area contributed by atoms with Crippen LogP contribution in [0.15, 0.2) is 6.20 Å². The lowest BCUT2D eigenvalue weighted by Gasteiger charge is -2.15. The van der Waals surface area contributed by atoms with E-state index >= 15 is 0 Å². The minimum absolute atomic E-state index is 0.149. The van der Waals surface area contributed by atoms with E-state index < -0.39 is 5.82 Å². The monoisotopic (exact) mass is 270 g/mol. The lowest BCUT2D eigenvalue weighted by atomic mass is 10.0. The lowest BCUT2D eigenvalue weighted by Crippen LogP contribution is -2.17. The molecule has 1 aromatic rings. The Labute approximate surface area is 113 Å². The van der Waals surface area contributed by atoms with Crippen LogP contribution in [-0.4, -0.2) is 34.8 Å². The van der Waals surface area contributed by atoms with Gasteiger partial charge in [0.2, 0.25) is 5.95 Å². The van der Waals surface area contributed by atoms with Gasteiger partial charge in [-0.25, -0.2) is 9.37 Å². The summed E-state index contributed by atoms with van der Waals surface area (Å²) in [4.78, 5) is 7.99. The molecule has 19 heavy (non-hydrogen) atoms. The summed E-state index contributed by atoms with van der Waals surface area (Å²) in [7, 11) is 0. The van der Waals surface area contributed by atoms with Crippen molar-refractivity contribution in [3.05, 3.63) is 12.0 Å². The minimum atomic E-state index is -0.457. The third kappa shape index (κ3) is 5.38. The van der Waals surface area contributed by atoms with Crippen LogP contribution in [-0.2, 0) is 0 Å². The van der Waals surface area contributed by atoms with Gasteiger partial charge in [-0.05, 0) is 18.8 Å². The topological polar surface area (TPSA) is 70.1 Å². The van der Waals surface area contributed by atoms with Crippen LogP contribution in [0.1, 0.15) is 33.1 Å². The number of anilines is 2. The summed E-state index contributed by atoms with van der Waals surface area (Å²) in [5.74, 6) is 0.498. The Balaban J connectivity index is 2.60. The highest BCUT2D eigenvalue weighted by Crippen LogP contribution is 2.14. The molecule has 3 N–H and O–H groups in total. The molecule has 5 nitrogen and oxygen atoms in total. The third-order valence-electron chi connectivity index (χ3n) is 2.95. The number of nitrogens with zero attached hydrogens (tertiary/aromatic N) is 2. The minimum Gasteiger partial charge on any atom is -0.396 e. The van der Waals surface area contributed by atoms with E-state index in [0.717, 1.165) is 19.4 Å². The van der Waals surface area contributed by atoms with Crippen LogP contribution in [0.2, 0.25) is 0 Å². The Morgan fingerprint density at radius 2 is 2.16 bits per heavy atom. The molecule has 0 saturated carbocycles. The van der Waals surface area contributed by atoms with Crippen molar-refractivity contribution in [2.24, 2.45) is 5.92 Å². The molecule has 1 aromatic heterocycles. The predicted octanol–water partition coefficient (Wildman–Crippen LogP) is 2.26. The van der Waals surface area contributed by atoms with Gasteiger partial charge < -0.3 is 15.7 Å². The molecule has 0 bridgehead atoms. The molecule has 1 unspecified atom stereocenters. The Morgan fingerprint density at radius 1 is 1.37 bits per heavy atom. The van der Waals surface area contributed by atoms with Crippen molar-refractivity contribution in [3.63, 3.8) is 0 Å². The number of hydrogen-bond acceptors (Lipinski definition) is 5. The number of halogens is 1. The van der Waals surface area contributed by atoms with E-state index in [0.29, 0.717) is 24.8 Å². The second-order valence-corrected chi connectivity index (χ2v) is 4.48. The van der Waals surface area contributed by atoms with E-state index in [1.54, 1.807) is 0 Å². The van der Waals surface area contributed by atoms with Crippen molar-refractivity contribution in [2.45, 2.75) is 33.1 Å². The normalized spacial score (nSPS) is 12.2. The van der Waals surface area contributed by atoms with Gasteiger partial charge in [0, 0.05) is 19.7 Å². The van der Waals surface area contributed by atoms with Gasteiger partial charge in [0.05, 0.1) is 6.20 Å². The summed E-state index contributed by atoms with van der Waals surface area (Å²) < 4.78 is 13.6. The first-order valence-corrected chi connectivity index (χ1v) is 6.82. The van der Waals surface area contributed by atoms with Crippen LogP contribution in [0.5, 0.6) is 0 Å². The molecule has 0 amide bonds. The zero-order valence-corrected chi connectivity index (χ0v) is 11.6. The van der Waals surface area contributed by atoms with Gasteiger partial charge in [0.1, 0.15) is 0 Å². The fourth-order valence-corrected chi connectivity index (χ4v) is 1.69. The zero-order chi connectivity index (χ0) is 14.1. The van der Waals surface area contributed by atoms with Gasteiger partial charge >= 0.3 is 0 Å². The maximum atomic E-state index is 13.6. The molecule has 0 spiro atoms.